The maximum atomic E-state index is 13.6. The van der Waals surface area contributed by atoms with Crippen molar-refractivity contribution in [1.82, 2.24) is 4.72 Å². The van der Waals surface area contributed by atoms with Crippen LogP contribution < -0.4 is 14.8 Å². The summed E-state index contributed by atoms with van der Waals surface area (Å²) in [5, 5.41) is 2.21. The molecule has 1 amide bonds. The number of halogens is 2. The van der Waals surface area contributed by atoms with Gasteiger partial charge < -0.3 is 10.1 Å². The summed E-state index contributed by atoms with van der Waals surface area (Å²) in [5.74, 6) is -1.92. The van der Waals surface area contributed by atoms with Gasteiger partial charge in [0.15, 0.2) is 6.61 Å². The molecule has 1 atom stereocenters. The van der Waals surface area contributed by atoms with Gasteiger partial charge in [0.1, 0.15) is 17.4 Å². The first-order valence-corrected chi connectivity index (χ1v) is 10.8. The summed E-state index contributed by atoms with van der Waals surface area (Å²) >= 11 is 0. The molecule has 3 aromatic carbocycles. The molecule has 0 aliphatic carbocycles. The topological polar surface area (TPSA) is 84.5 Å². The number of hydrogen-bond acceptors (Lipinski definition) is 4. The first kappa shape index (κ1) is 22.4. The molecule has 31 heavy (non-hydrogen) atoms. The molecule has 0 bridgehead atoms. The molecule has 0 fully saturated rings. The van der Waals surface area contributed by atoms with Crippen LogP contribution in [0.5, 0.6) is 5.75 Å². The Morgan fingerprint density at radius 3 is 2.35 bits per heavy atom. The largest absolute Gasteiger partial charge is 0.484 e. The fourth-order valence-electron chi connectivity index (χ4n) is 2.75. The lowest BCUT2D eigenvalue weighted by molar-refractivity contribution is -0.118. The van der Waals surface area contributed by atoms with Gasteiger partial charge in [-0.05, 0) is 48.9 Å². The van der Waals surface area contributed by atoms with Crippen LogP contribution in [0.3, 0.4) is 0 Å². The van der Waals surface area contributed by atoms with E-state index in [-0.39, 0.29) is 16.3 Å². The summed E-state index contributed by atoms with van der Waals surface area (Å²) in [4.78, 5) is 11.9. The third kappa shape index (κ3) is 6.09. The SMILES string of the molecule is C[C@H](NS(=O)(=O)c1ccc(OCC(=O)Nc2cc(F)ccc2F)cc1)c1ccccc1. The monoisotopic (exact) mass is 446 g/mol. The zero-order chi connectivity index (χ0) is 22.4. The Morgan fingerprint density at radius 2 is 1.68 bits per heavy atom. The van der Waals surface area contributed by atoms with Crippen LogP contribution in [-0.2, 0) is 14.8 Å². The van der Waals surface area contributed by atoms with Gasteiger partial charge in [-0.1, -0.05) is 30.3 Å². The molecule has 0 saturated heterocycles. The Hall–Kier alpha value is -3.30. The van der Waals surface area contributed by atoms with E-state index in [2.05, 4.69) is 10.0 Å². The minimum atomic E-state index is -3.77. The molecule has 0 heterocycles. The van der Waals surface area contributed by atoms with Crippen LogP contribution in [0, 0.1) is 11.6 Å². The highest BCUT2D eigenvalue weighted by molar-refractivity contribution is 7.89. The van der Waals surface area contributed by atoms with E-state index in [4.69, 9.17) is 4.74 Å². The molecule has 0 radical (unpaired) electrons. The van der Waals surface area contributed by atoms with Gasteiger partial charge >= 0.3 is 0 Å². The number of rotatable bonds is 8. The highest BCUT2D eigenvalue weighted by Gasteiger charge is 2.18. The number of anilines is 1. The maximum absolute atomic E-state index is 13.6. The first-order valence-electron chi connectivity index (χ1n) is 9.29. The third-order valence-corrected chi connectivity index (χ3v) is 5.89. The molecule has 0 unspecified atom stereocenters. The lowest BCUT2D eigenvalue weighted by atomic mass is 10.1. The molecule has 6 nitrogen and oxygen atoms in total. The van der Waals surface area contributed by atoms with Crippen LogP contribution >= 0.6 is 0 Å². The molecular weight excluding hydrogens is 426 g/mol. The second kappa shape index (κ2) is 9.67. The summed E-state index contributed by atoms with van der Waals surface area (Å²) in [6, 6.07) is 16.9. The Labute approximate surface area is 178 Å². The number of hydrogen-bond donors (Lipinski definition) is 2. The average molecular weight is 446 g/mol. The number of amides is 1. The smallest absolute Gasteiger partial charge is 0.262 e. The molecule has 0 saturated carbocycles. The predicted octanol–water partition coefficient (Wildman–Crippen LogP) is 4.02. The number of ether oxygens (including phenoxy) is 1. The normalized spacial score (nSPS) is 12.2. The fraction of sp³-hybridized carbons (Fsp3) is 0.136. The van der Waals surface area contributed by atoms with Gasteiger partial charge in [0.25, 0.3) is 5.91 Å². The Balaban J connectivity index is 1.58. The van der Waals surface area contributed by atoms with Crippen LogP contribution in [-0.4, -0.2) is 20.9 Å². The lowest BCUT2D eigenvalue weighted by Crippen LogP contribution is -2.26. The first-order chi connectivity index (χ1) is 14.7. The van der Waals surface area contributed by atoms with Crippen LogP contribution in [0.25, 0.3) is 0 Å². The molecular formula is C22H20F2N2O4S. The van der Waals surface area contributed by atoms with Crippen molar-refractivity contribution >= 4 is 21.6 Å². The predicted molar refractivity (Wildman–Crippen MR) is 112 cm³/mol. The van der Waals surface area contributed by atoms with Crippen LogP contribution in [0.4, 0.5) is 14.5 Å². The Kier molecular flexibility index (Phi) is 6.98. The summed E-state index contributed by atoms with van der Waals surface area (Å²) in [5.41, 5.74) is 0.528. The maximum Gasteiger partial charge on any atom is 0.262 e. The zero-order valence-electron chi connectivity index (χ0n) is 16.5. The number of benzene rings is 3. The standard InChI is InChI=1S/C22H20F2N2O4S/c1-15(16-5-3-2-4-6-16)26-31(28,29)19-10-8-18(9-11-19)30-14-22(27)25-21-13-17(23)7-12-20(21)24/h2-13,15,26H,14H2,1H3,(H,25,27)/t15-/m0/s1. The van der Waals surface area contributed by atoms with Crippen molar-refractivity contribution < 1.29 is 26.7 Å². The number of nitrogens with one attached hydrogen (secondary N) is 2. The molecule has 3 aromatic rings. The fourth-order valence-corrected chi connectivity index (χ4v) is 3.99. The van der Waals surface area contributed by atoms with Crippen molar-refractivity contribution in [2.75, 3.05) is 11.9 Å². The van der Waals surface area contributed by atoms with Gasteiger partial charge in [-0.2, -0.15) is 0 Å². The minimum Gasteiger partial charge on any atom is -0.484 e. The minimum absolute atomic E-state index is 0.0360. The lowest BCUT2D eigenvalue weighted by Gasteiger charge is -2.15. The van der Waals surface area contributed by atoms with Gasteiger partial charge in [-0.15, -0.1) is 0 Å². The number of carbonyl (C=O) groups is 1. The van der Waals surface area contributed by atoms with E-state index < -0.39 is 40.2 Å². The summed E-state index contributed by atoms with van der Waals surface area (Å²) in [6.45, 7) is 1.27. The van der Waals surface area contributed by atoms with E-state index in [0.717, 1.165) is 23.8 Å². The molecule has 3 rings (SSSR count). The van der Waals surface area contributed by atoms with Crippen molar-refractivity contribution in [2.45, 2.75) is 17.9 Å². The van der Waals surface area contributed by atoms with Crippen molar-refractivity contribution in [3.63, 3.8) is 0 Å². The van der Waals surface area contributed by atoms with E-state index in [9.17, 15) is 22.0 Å². The van der Waals surface area contributed by atoms with Gasteiger partial charge in [-0.25, -0.2) is 21.9 Å². The molecule has 2 N–H and O–H groups in total. The molecule has 0 aliphatic heterocycles. The van der Waals surface area contributed by atoms with Crippen molar-refractivity contribution in [3.8, 4) is 5.75 Å². The molecule has 0 aliphatic rings. The van der Waals surface area contributed by atoms with Crippen molar-refractivity contribution in [3.05, 3.63) is 90.0 Å². The Bertz CT molecular complexity index is 1150. The van der Waals surface area contributed by atoms with E-state index >= 15 is 0 Å². The van der Waals surface area contributed by atoms with Gasteiger partial charge in [-0.3, -0.25) is 4.79 Å². The highest BCUT2D eigenvalue weighted by atomic mass is 32.2. The molecule has 9 heteroatoms. The van der Waals surface area contributed by atoms with Crippen molar-refractivity contribution in [2.24, 2.45) is 0 Å². The van der Waals surface area contributed by atoms with Crippen LogP contribution in [0.1, 0.15) is 18.5 Å². The highest BCUT2D eigenvalue weighted by Crippen LogP contribution is 2.20. The average Bonchev–Trinajstić information content (AvgIpc) is 2.75. The summed E-state index contributed by atoms with van der Waals surface area (Å²) < 4.78 is 59.7. The second-order valence-corrected chi connectivity index (χ2v) is 8.40. The number of carbonyl (C=O) groups excluding carboxylic acids is 1. The molecule has 0 spiro atoms. The van der Waals surface area contributed by atoms with Gasteiger partial charge in [0, 0.05) is 12.1 Å². The summed E-state index contributed by atoms with van der Waals surface area (Å²) in [7, 11) is -3.77. The second-order valence-electron chi connectivity index (χ2n) is 6.69. The Morgan fingerprint density at radius 1 is 1.00 bits per heavy atom. The van der Waals surface area contributed by atoms with Gasteiger partial charge in [0.05, 0.1) is 10.6 Å². The number of sulfonamides is 1. The molecule has 162 valence electrons. The van der Waals surface area contributed by atoms with Crippen LogP contribution in [0.2, 0.25) is 0 Å². The summed E-state index contributed by atoms with van der Waals surface area (Å²) in [6.07, 6.45) is 0. The zero-order valence-corrected chi connectivity index (χ0v) is 17.3. The van der Waals surface area contributed by atoms with E-state index in [1.54, 1.807) is 6.92 Å². The van der Waals surface area contributed by atoms with E-state index in [1.807, 2.05) is 30.3 Å². The third-order valence-electron chi connectivity index (χ3n) is 4.34. The van der Waals surface area contributed by atoms with E-state index in [0.29, 0.717) is 0 Å². The molecule has 0 aromatic heterocycles. The van der Waals surface area contributed by atoms with E-state index in [1.165, 1.54) is 24.3 Å². The van der Waals surface area contributed by atoms with Gasteiger partial charge in [0.2, 0.25) is 10.0 Å². The quantitative estimate of drug-likeness (QED) is 0.547. The van der Waals surface area contributed by atoms with Crippen LogP contribution in [0.15, 0.2) is 77.7 Å². The van der Waals surface area contributed by atoms with Crippen molar-refractivity contribution in [1.29, 1.82) is 0 Å².